The molecule has 2 aromatic rings. The van der Waals surface area contributed by atoms with E-state index < -0.39 is 0 Å². The maximum atomic E-state index is 13.1. The summed E-state index contributed by atoms with van der Waals surface area (Å²) in [5.41, 5.74) is 7.86. The largest absolute Gasteiger partial charge is 0.334 e. The Morgan fingerprint density at radius 1 is 1.07 bits per heavy atom. The molecule has 2 aliphatic rings. The highest BCUT2D eigenvalue weighted by atomic mass is 16.2. The monoisotopic (exact) mass is 391 g/mol. The molecule has 2 aromatic carbocycles. The van der Waals surface area contributed by atoms with E-state index in [2.05, 4.69) is 6.92 Å². The van der Waals surface area contributed by atoms with E-state index in [4.69, 9.17) is 5.73 Å². The molecule has 150 valence electrons. The fraction of sp³-hybridized carbons (Fsp3) is 0.348. The van der Waals surface area contributed by atoms with Gasteiger partial charge in [-0.2, -0.15) is 0 Å². The third-order valence-electron chi connectivity index (χ3n) is 5.91. The second-order valence-corrected chi connectivity index (χ2v) is 7.96. The molecule has 3 amide bonds. The van der Waals surface area contributed by atoms with Gasteiger partial charge in [-0.3, -0.25) is 19.3 Å². The molecule has 2 heterocycles. The van der Waals surface area contributed by atoms with Gasteiger partial charge in [-0.1, -0.05) is 37.3 Å². The first kappa shape index (κ1) is 19.3. The number of rotatable bonds is 4. The fourth-order valence-electron chi connectivity index (χ4n) is 4.24. The van der Waals surface area contributed by atoms with Crippen LogP contribution in [0.25, 0.3) is 0 Å². The van der Waals surface area contributed by atoms with Gasteiger partial charge < -0.3 is 10.6 Å². The third-order valence-corrected chi connectivity index (χ3v) is 5.91. The topological polar surface area (TPSA) is 83.7 Å². The molecule has 2 unspecified atom stereocenters. The molecule has 0 aliphatic carbocycles. The van der Waals surface area contributed by atoms with Crippen molar-refractivity contribution < 1.29 is 14.4 Å². The zero-order valence-corrected chi connectivity index (χ0v) is 16.5. The summed E-state index contributed by atoms with van der Waals surface area (Å²) in [6.45, 7) is 3.47. The number of carbonyl (C=O) groups excluding carboxylic acids is 3. The smallest absolute Gasteiger partial charge is 0.261 e. The van der Waals surface area contributed by atoms with Crippen LogP contribution in [0, 0.1) is 5.92 Å². The maximum absolute atomic E-state index is 13.1. The van der Waals surface area contributed by atoms with E-state index in [1.807, 2.05) is 35.2 Å². The molecule has 2 N–H and O–H groups in total. The van der Waals surface area contributed by atoms with Gasteiger partial charge >= 0.3 is 0 Å². The molecule has 4 rings (SSSR count). The SMILES string of the molecule is CC1CCN(C(=O)c2ccc3c(c2)C(=O)N(Cc2ccccc2)C3=O)C(CN)C1. The highest BCUT2D eigenvalue weighted by Gasteiger charge is 2.37. The van der Waals surface area contributed by atoms with Gasteiger partial charge in [0, 0.05) is 24.7 Å². The Morgan fingerprint density at radius 3 is 2.52 bits per heavy atom. The molecular weight excluding hydrogens is 366 g/mol. The number of piperidine rings is 1. The lowest BCUT2D eigenvalue weighted by molar-refractivity contribution is 0.0573. The van der Waals surface area contributed by atoms with Crippen molar-refractivity contribution in [1.82, 2.24) is 9.80 Å². The third kappa shape index (κ3) is 3.56. The van der Waals surface area contributed by atoms with Crippen molar-refractivity contribution in [3.05, 3.63) is 70.8 Å². The van der Waals surface area contributed by atoms with Crippen LogP contribution < -0.4 is 5.73 Å². The maximum Gasteiger partial charge on any atom is 0.261 e. The van der Waals surface area contributed by atoms with Crippen molar-refractivity contribution >= 4 is 17.7 Å². The van der Waals surface area contributed by atoms with E-state index in [-0.39, 0.29) is 30.3 Å². The Labute approximate surface area is 170 Å². The van der Waals surface area contributed by atoms with Gasteiger partial charge in [0.1, 0.15) is 0 Å². The average Bonchev–Trinajstić information content (AvgIpc) is 2.98. The van der Waals surface area contributed by atoms with Crippen LogP contribution in [-0.2, 0) is 6.54 Å². The van der Waals surface area contributed by atoms with Crippen LogP contribution in [0.3, 0.4) is 0 Å². The van der Waals surface area contributed by atoms with Crippen molar-refractivity contribution in [2.75, 3.05) is 13.1 Å². The van der Waals surface area contributed by atoms with Crippen molar-refractivity contribution in [2.24, 2.45) is 11.7 Å². The Hall–Kier alpha value is -2.99. The minimum atomic E-state index is -0.355. The first-order valence-corrected chi connectivity index (χ1v) is 10.0. The molecule has 29 heavy (non-hydrogen) atoms. The number of hydrogen-bond acceptors (Lipinski definition) is 4. The second-order valence-electron chi connectivity index (χ2n) is 7.96. The molecule has 0 aromatic heterocycles. The van der Waals surface area contributed by atoms with Gasteiger partial charge in [0.25, 0.3) is 17.7 Å². The molecule has 1 fully saturated rings. The number of hydrogen-bond donors (Lipinski definition) is 1. The lowest BCUT2D eigenvalue weighted by atomic mass is 9.91. The molecule has 0 bridgehead atoms. The van der Waals surface area contributed by atoms with E-state index in [1.54, 1.807) is 18.2 Å². The molecular formula is C23H25N3O3. The first-order chi connectivity index (χ1) is 14.0. The van der Waals surface area contributed by atoms with Crippen molar-refractivity contribution in [3.8, 4) is 0 Å². The molecule has 2 aliphatic heterocycles. The Morgan fingerprint density at radius 2 is 1.79 bits per heavy atom. The Kier molecular flexibility index (Phi) is 5.20. The van der Waals surface area contributed by atoms with Crippen LogP contribution in [0.5, 0.6) is 0 Å². The number of imide groups is 1. The average molecular weight is 391 g/mol. The van der Waals surface area contributed by atoms with Gasteiger partial charge in [-0.05, 0) is 42.5 Å². The van der Waals surface area contributed by atoms with E-state index in [9.17, 15) is 14.4 Å². The van der Waals surface area contributed by atoms with E-state index in [1.165, 1.54) is 4.90 Å². The molecule has 1 saturated heterocycles. The van der Waals surface area contributed by atoms with Crippen molar-refractivity contribution in [2.45, 2.75) is 32.4 Å². The normalized spacial score (nSPS) is 21.4. The summed E-state index contributed by atoms with van der Waals surface area (Å²) in [5, 5.41) is 0. The number of fused-ring (bicyclic) bond motifs is 1. The van der Waals surface area contributed by atoms with Gasteiger partial charge in [-0.15, -0.1) is 0 Å². The lowest BCUT2D eigenvalue weighted by Gasteiger charge is -2.38. The molecule has 0 spiro atoms. The zero-order valence-electron chi connectivity index (χ0n) is 16.5. The van der Waals surface area contributed by atoms with Crippen LogP contribution >= 0.6 is 0 Å². The summed E-state index contributed by atoms with van der Waals surface area (Å²) < 4.78 is 0. The van der Waals surface area contributed by atoms with Gasteiger partial charge in [0.05, 0.1) is 17.7 Å². The summed E-state index contributed by atoms with van der Waals surface area (Å²) in [5.74, 6) is -0.263. The zero-order chi connectivity index (χ0) is 20.5. The highest BCUT2D eigenvalue weighted by Crippen LogP contribution is 2.28. The predicted octanol–water partition coefficient (Wildman–Crippen LogP) is 2.68. The Bertz CT molecular complexity index is 957. The van der Waals surface area contributed by atoms with E-state index >= 15 is 0 Å². The van der Waals surface area contributed by atoms with Crippen LogP contribution in [0.2, 0.25) is 0 Å². The summed E-state index contributed by atoms with van der Waals surface area (Å²) in [7, 11) is 0. The summed E-state index contributed by atoms with van der Waals surface area (Å²) >= 11 is 0. The van der Waals surface area contributed by atoms with Gasteiger partial charge in [0.2, 0.25) is 0 Å². The van der Waals surface area contributed by atoms with E-state index in [0.29, 0.717) is 35.7 Å². The highest BCUT2D eigenvalue weighted by molar-refractivity contribution is 6.22. The summed E-state index contributed by atoms with van der Waals surface area (Å²) in [4.78, 5) is 41.8. The van der Waals surface area contributed by atoms with Crippen LogP contribution in [0.15, 0.2) is 48.5 Å². The quantitative estimate of drug-likeness (QED) is 0.812. The molecule has 6 nitrogen and oxygen atoms in total. The standard InChI is InChI=1S/C23H25N3O3/c1-15-9-10-25(18(11-15)13-24)21(27)17-7-8-19-20(12-17)23(29)26(22(19)28)14-16-5-3-2-4-6-16/h2-8,12,15,18H,9-11,13-14,24H2,1H3. The molecule has 2 atom stereocenters. The van der Waals surface area contributed by atoms with Crippen molar-refractivity contribution in [1.29, 1.82) is 0 Å². The number of amides is 3. The number of nitrogens with zero attached hydrogens (tertiary/aromatic N) is 2. The lowest BCUT2D eigenvalue weighted by Crippen LogP contribution is -2.49. The van der Waals surface area contributed by atoms with Gasteiger partial charge in [0.15, 0.2) is 0 Å². The molecule has 0 saturated carbocycles. The Balaban J connectivity index is 1.58. The summed E-state index contributed by atoms with van der Waals surface area (Å²) in [6, 6.07) is 14.2. The first-order valence-electron chi connectivity index (χ1n) is 10.0. The summed E-state index contributed by atoms with van der Waals surface area (Å²) in [6.07, 6.45) is 1.82. The number of nitrogens with two attached hydrogens (primary N) is 1. The molecule has 0 radical (unpaired) electrons. The molecule has 6 heteroatoms. The van der Waals surface area contributed by atoms with E-state index in [0.717, 1.165) is 18.4 Å². The second kappa shape index (κ2) is 7.79. The number of benzene rings is 2. The number of carbonyl (C=O) groups is 3. The number of likely N-dealkylation sites (tertiary alicyclic amines) is 1. The van der Waals surface area contributed by atoms with Gasteiger partial charge in [-0.25, -0.2) is 0 Å². The van der Waals surface area contributed by atoms with Crippen LogP contribution in [-0.4, -0.2) is 46.7 Å². The van der Waals surface area contributed by atoms with Crippen LogP contribution in [0.1, 0.15) is 56.4 Å². The fourth-order valence-corrected chi connectivity index (χ4v) is 4.24. The van der Waals surface area contributed by atoms with Crippen molar-refractivity contribution in [3.63, 3.8) is 0 Å². The minimum Gasteiger partial charge on any atom is -0.334 e. The minimum absolute atomic E-state index is 0.00594. The predicted molar refractivity (Wildman–Crippen MR) is 109 cm³/mol. The van der Waals surface area contributed by atoms with Crippen LogP contribution in [0.4, 0.5) is 0 Å².